The number of nitriles is 1. The van der Waals surface area contributed by atoms with Gasteiger partial charge in [0.2, 0.25) is 0 Å². The molecule has 0 saturated heterocycles. The van der Waals surface area contributed by atoms with Crippen LogP contribution in [0, 0.1) is 11.3 Å². The van der Waals surface area contributed by atoms with Gasteiger partial charge in [-0.05, 0) is 49.7 Å². The minimum absolute atomic E-state index is 0.371. The fourth-order valence-corrected chi connectivity index (χ4v) is 2.81. The Balaban J connectivity index is 2.09. The van der Waals surface area contributed by atoms with Crippen molar-refractivity contribution in [1.29, 1.82) is 5.26 Å². The van der Waals surface area contributed by atoms with E-state index in [2.05, 4.69) is 24.8 Å². The van der Waals surface area contributed by atoms with Crippen molar-refractivity contribution in [2.45, 2.75) is 13.8 Å². The van der Waals surface area contributed by atoms with Crippen LogP contribution in [0.1, 0.15) is 19.4 Å². The first kappa shape index (κ1) is 15.8. The summed E-state index contributed by atoms with van der Waals surface area (Å²) >= 11 is 0. The molecule has 24 heavy (non-hydrogen) atoms. The third-order valence-corrected chi connectivity index (χ3v) is 4.17. The maximum Gasteiger partial charge on any atom is 0.344 e. The van der Waals surface area contributed by atoms with E-state index >= 15 is 0 Å². The van der Waals surface area contributed by atoms with Crippen LogP contribution in [0.2, 0.25) is 0 Å². The minimum Gasteiger partial charge on any atom is -0.422 e. The van der Waals surface area contributed by atoms with Gasteiger partial charge in [-0.3, -0.25) is 0 Å². The molecule has 0 fully saturated rings. The lowest BCUT2D eigenvalue weighted by molar-refractivity contribution is 0.563. The van der Waals surface area contributed by atoms with E-state index in [9.17, 15) is 4.79 Å². The van der Waals surface area contributed by atoms with Gasteiger partial charge in [-0.15, -0.1) is 0 Å². The molecule has 4 nitrogen and oxygen atoms in total. The number of anilines is 1. The summed E-state index contributed by atoms with van der Waals surface area (Å²) in [6.45, 7) is 5.99. The van der Waals surface area contributed by atoms with Crippen LogP contribution in [0.15, 0.2) is 57.7 Å². The van der Waals surface area contributed by atoms with E-state index in [1.807, 2.05) is 24.3 Å². The largest absolute Gasteiger partial charge is 0.422 e. The first-order chi connectivity index (χ1) is 11.7. The van der Waals surface area contributed by atoms with E-state index in [1.54, 1.807) is 24.3 Å². The molecule has 120 valence electrons. The molecule has 1 heterocycles. The van der Waals surface area contributed by atoms with Crippen molar-refractivity contribution in [2.75, 3.05) is 18.0 Å². The molecule has 1 aromatic heterocycles. The molecule has 0 aliphatic heterocycles. The molecular formula is C20H18N2O2. The topological polar surface area (TPSA) is 57.2 Å². The highest BCUT2D eigenvalue weighted by molar-refractivity contribution is 5.84. The fraction of sp³-hybridized carbons (Fsp3) is 0.200. The molecule has 3 aromatic rings. The van der Waals surface area contributed by atoms with Crippen LogP contribution >= 0.6 is 0 Å². The lowest BCUT2D eigenvalue weighted by Gasteiger charge is -2.21. The van der Waals surface area contributed by atoms with Gasteiger partial charge in [-0.1, -0.05) is 12.1 Å². The summed E-state index contributed by atoms with van der Waals surface area (Å²) in [6.07, 6.45) is 0. The van der Waals surface area contributed by atoms with Crippen molar-refractivity contribution in [3.63, 3.8) is 0 Å². The highest BCUT2D eigenvalue weighted by atomic mass is 16.4. The van der Waals surface area contributed by atoms with Crippen molar-refractivity contribution in [3.05, 3.63) is 64.5 Å². The van der Waals surface area contributed by atoms with Crippen molar-refractivity contribution < 1.29 is 4.42 Å². The maximum absolute atomic E-state index is 12.4. The number of hydrogen-bond donors (Lipinski definition) is 0. The van der Waals surface area contributed by atoms with Gasteiger partial charge in [0.15, 0.2) is 0 Å². The fourth-order valence-electron chi connectivity index (χ4n) is 2.81. The summed E-state index contributed by atoms with van der Waals surface area (Å²) in [7, 11) is 0. The van der Waals surface area contributed by atoms with Crippen molar-refractivity contribution in [2.24, 2.45) is 0 Å². The van der Waals surface area contributed by atoms with Crippen molar-refractivity contribution in [1.82, 2.24) is 0 Å². The first-order valence-corrected chi connectivity index (χ1v) is 7.99. The molecule has 3 rings (SSSR count). The second kappa shape index (κ2) is 6.59. The molecule has 0 spiro atoms. The van der Waals surface area contributed by atoms with Gasteiger partial charge in [-0.2, -0.15) is 5.26 Å². The standard InChI is InChI=1S/C20H18N2O2/c1-3-22(4-2)17-10-9-16-11-18(20(23)24-19(16)12-17)15-7-5-14(13-21)6-8-15/h5-12H,3-4H2,1-2H3. The Bertz CT molecular complexity index is 962. The lowest BCUT2D eigenvalue weighted by Crippen LogP contribution is -2.21. The van der Waals surface area contributed by atoms with Crippen LogP contribution in [0.4, 0.5) is 5.69 Å². The number of rotatable bonds is 4. The number of fused-ring (bicyclic) bond motifs is 1. The van der Waals surface area contributed by atoms with Gasteiger partial charge < -0.3 is 9.32 Å². The number of nitrogens with zero attached hydrogens (tertiary/aromatic N) is 2. The molecule has 0 N–H and O–H groups in total. The van der Waals surface area contributed by atoms with Crippen molar-refractivity contribution >= 4 is 16.7 Å². The highest BCUT2D eigenvalue weighted by Crippen LogP contribution is 2.25. The van der Waals surface area contributed by atoms with Crippen LogP contribution in [0.3, 0.4) is 0 Å². The highest BCUT2D eigenvalue weighted by Gasteiger charge is 2.10. The Kier molecular flexibility index (Phi) is 4.35. The second-order valence-electron chi connectivity index (χ2n) is 5.53. The van der Waals surface area contributed by atoms with E-state index < -0.39 is 0 Å². The Hall–Kier alpha value is -3.06. The van der Waals surface area contributed by atoms with Crippen LogP contribution in [0.25, 0.3) is 22.1 Å². The van der Waals surface area contributed by atoms with Gasteiger partial charge >= 0.3 is 5.63 Å². The Morgan fingerprint density at radius 2 is 1.75 bits per heavy atom. The van der Waals surface area contributed by atoms with Crippen molar-refractivity contribution in [3.8, 4) is 17.2 Å². The number of hydrogen-bond acceptors (Lipinski definition) is 4. The van der Waals surface area contributed by atoms with Crippen LogP contribution in [-0.4, -0.2) is 13.1 Å². The van der Waals surface area contributed by atoms with Gasteiger partial charge in [0, 0.05) is 30.2 Å². The Morgan fingerprint density at radius 3 is 2.38 bits per heavy atom. The summed E-state index contributed by atoms with van der Waals surface area (Å²) in [5.74, 6) is 0. The molecular weight excluding hydrogens is 300 g/mol. The molecule has 0 unspecified atom stereocenters. The molecule has 0 aliphatic rings. The molecule has 2 aromatic carbocycles. The zero-order valence-corrected chi connectivity index (χ0v) is 13.7. The van der Waals surface area contributed by atoms with Gasteiger partial charge in [0.25, 0.3) is 0 Å². The minimum atomic E-state index is -0.371. The van der Waals surface area contributed by atoms with Crippen LogP contribution in [-0.2, 0) is 0 Å². The molecule has 0 saturated carbocycles. The molecule has 0 atom stereocenters. The molecule has 4 heteroatoms. The molecule has 0 bridgehead atoms. The summed E-state index contributed by atoms with van der Waals surface area (Å²) < 4.78 is 5.54. The normalized spacial score (nSPS) is 10.5. The van der Waals surface area contributed by atoms with E-state index in [4.69, 9.17) is 9.68 Å². The predicted molar refractivity (Wildman–Crippen MR) is 96.2 cm³/mol. The van der Waals surface area contributed by atoms with Gasteiger partial charge in [0.1, 0.15) is 5.58 Å². The average Bonchev–Trinajstić information content (AvgIpc) is 2.62. The van der Waals surface area contributed by atoms with Gasteiger partial charge in [0.05, 0.1) is 17.2 Å². The van der Waals surface area contributed by atoms with Crippen LogP contribution in [0.5, 0.6) is 0 Å². The van der Waals surface area contributed by atoms with E-state index in [0.29, 0.717) is 16.7 Å². The molecule has 0 amide bonds. The maximum atomic E-state index is 12.4. The number of benzene rings is 2. The summed E-state index contributed by atoms with van der Waals surface area (Å²) in [5, 5.41) is 9.75. The summed E-state index contributed by atoms with van der Waals surface area (Å²) in [5.41, 5.74) is 3.07. The monoisotopic (exact) mass is 318 g/mol. The quantitative estimate of drug-likeness (QED) is 0.677. The molecule has 0 radical (unpaired) electrons. The second-order valence-corrected chi connectivity index (χ2v) is 5.53. The lowest BCUT2D eigenvalue weighted by atomic mass is 10.0. The average molecular weight is 318 g/mol. The summed E-state index contributed by atoms with van der Waals surface area (Å²) in [4.78, 5) is 14.6. The van der Waals surface area contributed by atoms with E-state index in [1.165, 1.54) is 0 Å². The molecule has 0 aliphatic carbocycles. The zero-order chi connectivity index (χ0) is 17.1. The zero-order valence-electron chi connectivity index (χ0n) is 13.7. The Labute approximate surface area is 140 Å². The van der Waals surface area contributed by atoms with E-state index in [0.717, 1.165) is 29.7 Å². The van der Waals surface area contributed by atoms with E-state index in [-0.39, 0.29) is 5.63 Å². The summed E-state index contributed by atoms with van der Waals surface area (Å²) in [6, 6.07) is 16.8. The third-order valence-electron chi connectivity index (χ3n) is 4.17. The predicted octanol–water partition coefficient (Wildman–Crippen LogP) is 4.18. The first-order valence-electron chi connectivity index (χ1n) is 7.99. The van der Waals surface area contributed by atoms with Crippen LogP contribution < -0.4 is 10.5 Å². The third kappa shape index (κ3) is 2.89. The smallest absolute Gasteiger partial charge is 0.344 e. The SMILES string of the molecule is CCN(CC)c1ccc2cc(-c3ccc(C#N)cc3)c(=O)oc2c1. The Morgan fingerprint density at radius 1 is 1.04 bits per heavy atom. The van der Waals surface area contributed by atoms with Gasteiger partial charge in [-0.25, -0.2) is 4.79 Å².